The van der Waals surface area contributed by atoms with Gasteiger partial charge in [0.1, 0.15) is 0 Å². The van der Waals surface area contributed by atoms with Gasteiger partial charge in [0.15, 0.2) is 0 Å². The summed E-state index contributed by atoms with van der Waals surface area (Å²) in [6.45, 7) is 4.98. The maximum Gasteiger partial charge on any atom is 0.0994 e. The van der Waals surface area contributed by atoms with Crippen molar-refractivity contribution >= 4 is 5.69 Å². The largest absolute Gasteiger partial charge is 0.380 e. The molecular weight excluding hydrogens is 212 g/mol. The molecule has 1 heterocycles. The number of hydrogen-bond acceptors (Lipinski definition) is 3. The maximum absolute atomic E-state index is 8.87. The van der Waals surface area contributed by atoms with Gasteiger partial charge in [0.25, 0.3) is 0 Å². The maximum atomic E-state index is 8.87. The molecule has 1 saturated heterocycles. The molecule has 1 aromatic carbocycles. The Morgan fingerprint density at radius 3 is 2.94 bits per heavy atom. The molecular formula is C14H18N2O. The lowest BCUT2D eigenvalue weighted by atomic mass is 10.1. The van der Waals surface area contributed by atoms with Gasteiger partial charge in [0, 0.05) is 18.3 Å². The standard InChI is InChI=1S/C14H18N2O/c1-10-8-13(6-5-12(10)9-15)16-11(2)14-4-3-7-17-14/h5-6,8,11,14,16H,3-4,7H2,1-2H3. The summed E-state index contributed by atoms with van der Waals surface area (Å²) >= 11 is 0. The Hall–Kier alpha value is -1.53. The number of aryl methyl sites for hydroxylation is 1. The van der Waals surface area contributed by atoms with Gasteiger partial charge >= 0.3 is 0 Å². The molecule has 1 aliphatic rings. The van der Waals surface area contributed by atoms with Crippen LogP contribution in [0.4, 0.5) is 5.69 Å². The summed E-state index contributed by atoms with van der Waals surface area (Å²) in [5.74, 6) is 0. The first-order chi connectivity index (χ1) is 8.20. The van der Waals surface area contributed by atoms with E-state index in [0.717, 1.165) is 36.3 Å². The summed E-state index contributed by atoms with van der Waals surface area (Å²) in [6, 6.07) is 8.32. The van der Waals surface area contributed by atoms with Crippen LogP contribution in [0.5, 0.6) is 0 Å². The predicted molar refractivity (Wildman–Crippen MR) is 68.0 cm³/mol. The highest BCUT2D eigenvalue weighted by atomic mass is 16.5. The number of anilines is 1. The topological polar surface area (TPSA) is 45.0 Å². The lowest BCUT2D eigenvalue weighted by Crippen LogP contribution is -2.29. The van der Waals surface area contributed by atoms with Gasteiger partial charge in [0.2, 0.25) is 0 Å². The van der Waals surface area contributed by atoms with E-state index in [2.05, 4.69) is 18.3 Å². The minimum Gasteiger partial charge on any atom is -0.380 e. The van der Waals surface area contributed by atoms with Crippen LogP contribution in [0.15, 0.2) is 18.2 Å². The Bertz CT molecular complexity index is 430. The van der Waals surface area contributed by atoms with Crippen molar-refractivity contribution in [2.24, 2.45) is 0 Å². The molecule has 0 bridgehead atoms. The Labute approximate surface area is 102 Å². The molecule has 1 N–H and O–H groups in total. The van der Waals surface area contributed by atoms with Crippen LogP contribution in [0.3, 0.4) is 0 Å². The zero-order chi connectivity index (χ0) is 12.3. The average Bonchev–Trinajstić information content (AvgIpc) is 2.82. The van der Waals surface area contributed by atoms with Crippen molar-refractivity contribution in [2.45, 2.75) is 38.8 Å². The lowest BCUT2D eigenvalue weighted by molar-refractivity contribution is 0.0996. The van der Waals surface area contributed by atoms with E-state index in [0.29, 0.717) is 12.1 Å². The molecule has 2 unspecified atom stereocenters. The summed E-state index contributed by atoms with van der Waals surface area (Å²) in [7, 11) is 0. The monoisotopic (exact) mass is 230 g/mol. The van der Waals surface area contributed by atoms with E-state index < -0.39 is 0 Å². The number of nitrogens with zero attached hydrogens (tertiary/aromatic N) is 1. The fourth-order valence-corrected chi connectivity index (χ4v) is 2.23. The minimum atomic E-state index is 0.310. The number of hydrogen-bond donors (Lipinski definition) is 1. The van der Waals surface area contributed by atoms with E-state index in [1.807, 2.05) is 25.1 Å². The molecule has 17 heavy (non-hydrogen) atoms. The number of ether oxygens (including phenoxy) is 1. The minimum absolute atomic E-state index is 0.310. The smallest absolute Gasteiger partial charge is 0.0994 e. The molecule has 3 heteroatoms. The van der Waals surface area contributed by atoms with E-state index in [9.17, 15) is 0 Å². The third kappa shape index (κ3) is 2.78. The van der Waals surface area contributed by atoms with Crippen molar-refractivity contribution < 1.29 is 4.74 Å². The molecule has 1 fully saturated rings. The van der Waals surface area contributed by atoms with E-state index in [1.54, 1.807) is 0 Å². The number of nitrogens with one attached hydrogen (secondary N) is 1. The van der Waals surface area contributed by atoms with Crippen LogP contribution >= 0.6 is 0 Å². The van der Waals surface area contributed by atoms with Crippen LogP contribution in [0.2, 0.25) is 0 Å². The Kier molecular flexibility index (Phi) is 3.65. The van der Waals surface area contributed by atoms with Crippen LogP contribution in [0.1, 0.15) is 30.9 Å². The first kappa shape index (κ1) is 11.9. The van der Waals surface area contributed by atoms with Gasteiger partial charge in [-0.1, -0.05) is 0 Å². The molecule has 0 amide bonds. The van der Waals surface area contributed by atoms with Gasteiger partial charge in [-0.15, -0.1) is 0 Å². The van der Waals surface area contributed by atoms with Gasteiger partial charge in [-0.2, -0.15) is 5.26 Å². The lowest BCUT2D eigenvalue weighted by Gasteiger charge is -2.21. The quantitative estimate of drug-likeness (QED) is 0.868. The Morgan fingerprint density at radius 2 is 2.35 bits per heavy atom. The van der Waals surface area contributed by atoms with E-state index in [4.69, 9.17) is 10.00 Å². The van der Waals surface area contributed by atoms with Crippen molar-refractivity contribution in [2.75, 3.05) is 11.9 Å². The second kappa shape index (κ2) is 5.20. The Morgan fingerprint density at radius 1 is 1.53 bits per heavy atom. The number of rotatable bonds is 3. The van der Waals surface area contributed by atoms with Crippen LogP contribution in [-0.4, -0.2) is 18.8 Å². The second-order valence-electron chi connectivity index (χ2n) is 4.63. The summed E-state index contributed by atoms with van der Waals surface area (Å²) in [5, 5.41) is 12.3. The van der Waals surface area contributed by atoms with Crippen LogP contribution < -0.4 is 5.32 Å². The first-order valence-corrected chi connectivity index (χ1v) is 6.09. The Balaban J connectivity index is 2.03. The third-order valence-electron chi connectivity index (χ3n) is 3.26. The molecule has 1 aliphatic heterocycles. The summed E-state index contributed by atoms with van der Waals surface area (Å²) in [5.41, 5.74) is 2.81. The average molecular weight is 230 g/mol. The molecule has 0 saturated carbocycles. The zero-order valence-electron chi connectivity index (χ0n) is 10.4. The van der Waals surface area contributed by atoms with Gasteiger partial charge in [0.05, 0.1) is 17.7 Å². The fraction of sp³-hybridized carbons (Fsp3) is 0.500. The third-order valence-corrected chi connectivity index (χ3v) is 3.26. The summed E-state index contributed by atoms with van der Waals surface area (Å²) < 4.78 is 5.65. The molecule has 1 aromatic rings. The highest BCUT2D eigenvalue weighted by molar-refractivity contribution is 5.52. The highest BCUT2D eigenvalue weighted by Gasteiger charge is 2.22. The van der Waals surface area contributed by atoms with Crippen molar-refractivity contribution in [1.29, 1.82) is 5.26 Å². The fourth-order valence-electron chi connectivity index (χ4n) is 2.23. The van der Waals surface area contributed by atoms with Crippen LogP contribution in [0.25, 0.3) is 0 Å². The molecule has 0 aromatic heterocycles. The SMILES string of the molecule is Cc1cc(NC(C)C2CCCO2)ccc1C#N. The van der Waals surface area contributed by atoms with Crippen molar-refractivity contribution in [3.05, 3.63) is 29.3 Å². The molecule has 3 nitrogen and oxygen atoms in total. The summed E-state index contributed by atoms with van der Waals surface area (Å²) in [4.78, 5) is 0. The van der Waals surface area contributed by atoms with Crippen LogP contribution in [0, 0.1) is 18.3 Å². The molecule has 90 valence electrons. The van der Waals surface area contributed by atoms with Gasteiger partial charge in [-0.3, -0.25) is 0 Å². The van der Waals surface area contributed by atoms with E-state index in [-0.39, 0.29) is 0 Å². The number of benzene rings is 1. The van der Waals surface area contributed by atoms with E-state index in [1.165, 1.54) is 0 Å². The van der Waals surface area contributed by atoms with E-state index >= 15 is 0 Å². The van der Waals surface area contributed by atoms with Gasteiger partial charge < -0.3 is 10.1 Å². The molecule has 0 aliphatic carbocycles. The second-order valence-corrected chi connectivity index (χ2v) is 4.63. The first-order valence-electron chi connectivity index (χ1n) is 6.09. The normalized spacial score (nSPS) is 20.9. The summed E-state index contributed by atoms with van der Waals surface area (Å²) in [6.07, 6.45) is 2.60. The zero-order valence-corrected chi connectivity index (χ0v) is 10.4. The van der Waals surface area contributed by atoms with Gasteiger partial charge in [-0.05, 0) is 50.5 Å². The highest BCUT2D eigenvalue weighted by Crippen LogP contribution is 2.20. The number of nitriles is 1. The van der Waals surface area contributed by atoms with Crippen molar-refractivity contribution in [1.82, 2.24) is 0 Å². The molecule has 2 rings (SSSR count). The molecule has 0 spiro atoms. The predicted octanol–water partition coefficient (Wildman–Crippen LogP) is 2.85. The molecule has 2 atom stereocenters. The molecule has 0 radical (unpaired) electrons. The van der Waals surface area contributed by atoms with Gasteiger partial charge in [-0.25, -0.2) is 0 Å². The van der Waals surface area contributed by atoms with Crippen molar-refractivity contribution in [3.8, 4) is 6.07 Å². The van der Waals surface area contributed by atoms with Crippen molar-refractivity contribution in [3.63, 3.8) is 0 Å². The van der Waals surface area contributed by atoms with Crippen LogP contribution in [-0.2, 0) is 4.74 Å².